The molecule has 1 amide bonds. The maximum Gasteiger partial charge on any atom is 0.223 e. The summed E-state index contributed by atoms with van der Waals surface area (Å²) >= 11 is 5.04. The minimum Gasteiger partial charge on any atom is -0.381 e. The highest BCUT2D eigenvalue weighted by molar-refractivity contribution is 9.11. The lowest BCUT2D eigenvalue weighted by molar-refractivity contribution is -0.128. The van der Waals surface area contributed by atoms with Gasteiger partial charge in [0, 0.05) is 25.7 Å². The maximum absolute atomic E-state index is 11.8. The molecule has 1 fully saturated rings. The van der Waals surface area contributed by atoms with Crippen LogP contribution in [0.15, 0.2) is 15.2 Å². The summed E-state index contributed by atoms with van der Waals surface area (Å²) < 4.78 is 6.33. The Morgan fingerprint density at radius 1 is 1.56 bits per heavy atom. The molecule has 1 N–H and O–H groups in total. The molecule has 88 valence electrons. The molecule has 2 heterocycles. The number of hydrogen-bond donors (Lipinski definition) is 1. The van der Waals surface area contributed by atoms with Crippen molar-refractivity contribution in [2.75, 3.05) is 13.2 Å². The van der Waals surface area contributed by atoms with Crippen molar-refractivity contribution in [1.82, 2.24) is 5.32 Å². The van der Waals surface area contributed by atoms with Gasteiger partial charge in [-0.15, -0.1) is 11.3 Å². The molecule has 0 aromatic carbocycles. The molecule has 2 rings (SSSR count). The maximum atomic E-state index is 11.8. The predicted molar refractivity (Wildman–Crippen MR) is 67.4 cm³/mol. The van der Waals surface area contributed by atoms with E-state index >= 15 is 0 Å². The fourth-order valence-electron chi connectivity index (χ4n) is 1.73. The van der Waals surface area contributed by atoms with E-state index in [4.69, 9.17) is 4.74 Å². The highest BCUT2D eigenvalue weighted by Crippen LogP contribution is 2.21. The highest BCUT2D eigenvalue weighted by Gasteiger charge is 2.20. The van der Waals surface area contributed by atoms with E-state index in [2.05, 4.69) is 21.2 Å². The third-order valence-electron chi connectivity index (χ3n) is 2.68. The number of halogens is 1. The first-order chi connectivity index (χ1) is 7.75. The van der Waals surface area contributed by atoms with Crippen molar-refractivity contribution in [3.05, 3.63) is 20.8 Å². The minimum atomic E-state index is 0.135. The zero-order valence-electron chi connectivity index (χ0n) is 8.87. The topological polar surface area (TPSA) is 38.3 Å². The van der Waals surface area contributed by atoms with Crippen molar-refractivity contribution < 1.29 is 9.53 Å². The Kier molecular flexibility index (Phi) is 4.37. The summed E-state index contributed by atoms with van der Waals surface area (Å²) in [5.74, 6) is 0.293. The third-order valence-corrected chi connectivity index (χ3v) is 4.23. The number of carbonyl (C=O) groups excluding carboxylic acids is 1. The van der Waals surface area contributed by atoms with E-state index in [0.717, 1.165) is 22.2 Å². The minimum absolute atomic E-state index is 0.135. The van der Waals surface area contributed by atoms with E-state index in [1.54, 1.807) is 11.3 Å². The van der Waals surface area contributed by atoms with Crippen LogP contribution in [-0.2, 0) is 16.1 Å². The Bertz CT molecular complexity index is 361. The standard InChI is InChI=1S/C11H14BrNO2S/c12-10-5-8(7-16-10)6-13-11(14)9-1-3-15-4-2-9/h5,7,9H,1-4,6H2,(H,13,14). The third kappa shape index (κ3) is 3.30. The summed E-state index contributed by atoms with van der Waals surface area (Å²) in [4.78, 5) is 11.8. The van der Waals surface area contributed by atoms with Crippen molar-refractivity contribution in [2.45, 2.75) is 19.4 Å². The van der Waals surface area contributed by atoms with Crippen molar-refractivity contribution >= 4 is 33.2 Å². The largest absolute Gasteiger partial charge is 0.381 e. The zero-order chi connectivity index (χ0) is 11.4. The molecule has 5 heteroatoms. The second-order valence-corrected chi connectivity index (χ2v) is 6.15. The first-order valence-electron chi connectivity index (χ1n) is 5.34. The van der Waals surface area contributed by atoms with Gasteiger partial charge in [-0.1, -0.05) is 0 Å². The highest BCUT2D eigenvalue weighted by atomic mass is 79.9. The molecule has 1 aromatic heterocycles. The Hall–Kier alpha value is -0.390. The van der Waals surface area contributed by atoms with Crippen LogP contribution in [0.5, 0.6) is 0 Å². The Labute approximate surface area is 107 Å². The number of hydrogen-bond acceptors (Lipinski definition) is 3. The Balaban J connectivity index is 1.78. The molecule has 0 unspecified atom stereocenters. The average Bonchev–Trinajstić information content (AvgIpc) is 2.73. The second kappa shape index (κ2) is 5.80. The van der Waals surface area contributed by atoms with Crippen LogP contribution in [0.25, 0.3) is 0 Å². The van der Waals surface area contributed by atoms with Crippen molar-refractivity contribution in [3.8, 4) is 0 Å². The fraction of sp³-hybridized carbons (Fsp3) is 0.545. The van der Waals surface area contributed by atoms with Crippen LogP contribution in [0, 0.1) is 5.92 Å². The van der Waals surface area contributed by atoms with Crippen LogP contribution >= 0.6 is 27.3 Å². The molecule has 1 aromatic rings. The van der Waals surface area contributed by atoms with E-state index in [1.807, 2.05) is 11.4 Å². The van der Waals surface area contributed by atoms with Crippen LogP contribution in [0.2, 0.25) is 0 Å². The smallest absolute Gasteiger partial charge is 0.223 e. The number of amides is 1. The lowest BCUT2D eigenvalue weighted by Gasteiger charge is -2.21. The van der Waals surface area contributed by atoms with Gasteiger partial charge in [0.15, 0.2) is 0 Å². The lowest BCUT2D eigenvalue weighted by Crippen LogP contribution is -2.33. The molecule has 0 bridgehead atoms. The van der Waals surface area contributed by atoms with Crippen LogP contribution < -0.4 is 5.32 Å². The van der Waals surface area contributed by atoms with Gasteiger partial charge in [-0.05, 0) is 45.8 Å². The van der Waals surface area contributed by atoms with Gasteiger partial charge in [0.1, 0.15) is 0 Å². The van der Waals surface area contributed by atoms with Gasteiger partial charge in [0.25, 0.3) is 0 Å². The molecule has 1 saturated heterocycles. The van der Waals surface area contributed by atoms with Crippen molar-refractivity contribution in [1.29, 1.82) is 0 Å². The molecule has 0 radical (unpaired) electrons. The second-order valence-electron chi connectivity index (χ2n) is 3.86. The van der Waals surface area contributed by atoms with Gasteiger partial charge in [0.2, 0.25) is 5.91 Å². The summed E-state index contributed by atoms with van der Waals surface area (Å²) in [7, 11) is 0. The number of carbonyl (C=O) groups is 1. The van der Waals surface area contributed by atoms with Crippen molar-refractivity contribution in [3.63, 3.8) is 0 Å². The lowest BCUT2D eigenvalue weighted by atomic mass is 9.99. The van der Waals surface area contributed by atoms with Gasteiger partial charge in [-0.25, -0.2) is 0 Å². The van der Waals surface area contributed by atoms with E-state index in [9.17, 15) is 4.79 Å². The molecule has 3 nitrogen and oxygen atoms in total. The number of ether oxygens (including phenoxy) is 1. The number of thiophene rings is 1. The van der Waals surface area contributed by atoms with Gasteiger partial charge in [-0.2, -0.15) is 0 Å². The number of rotatable bonds is 3. The Morgan fingerprint density at radius 2 is 2.31 bits per heavy atom. The van der Waals surface area contributed by atoms with Crippen LogP contribution in [0.3, 0.4) is 0 Å². The SMILES string of the molecule is O=C(NCc1csc(Br)c1)C1CCOCC1. The van der Waals surface area contributed by atoms with Gasteiger partial charge < -0.3 is 10.1 Å². The van der Waals surface area contributed by atoms with E-state index < -0.39 is 0 Å². The molecule has 1 aliphatic heterocycles. The average molecular weight is 304 g/mol. The molecule has 16 heavy (non-hydrogen) atoms. The molecule has 0 aliphatic carbocycles. The molecule has 1 aliphatic rings. The van der Waals surface area contributed by atoms with Gasteiger partial charge in [0.05, 0.1) is 3.79 Å². The van der Waals surface area contributed by atoms with E-state index in [1.165, 1.54) is 0 Å². The first-order valence-corrected chi connectivity index (χ1v) is 7.01. The van der Waals surface area contributed by atoms with E-state index in [-0.39, 0.29) is 11.8 Å². The fourth-order valence-corrected chi connectivity index (χ4v) is 2.94. The Morgan fingerprint density at radius 3 is 2.94 bits per heavy atom. The zero-order valence-corrected chi connectivity index (χ0v) is 11.3. The van der Waals surface area contributed by atoms with Crippen molar-refractivity contribution in [2.24, 2.45) is 5.92 Å². The molecular weight excluding hydrogens is 290 g/mol. The summed E-state index contributed by atoms with van der Waals surface area (Å²) in [5, 5.41) is 5.02. The molecule has 0 spiro atoms. The van der Waals surface area contributed by atoms with Crippen LogP contribution in [0.4, 0.5) is 0 Å². The van der Waals surface area contributed by atoms with Crippen LogP contribution in [0.1, 0.15) is 18.4 Å². The number of nitrogens with one attached hydrogen (secondary N) is 1. The summed E-state index contributed by atoms with van der Waals surface area (Å²) in [6.07, 6.45) is 1.69. The monoisotopic (exact) mass is 303 g/mol. The molecular formula is C11H14BrNO2S. The van der Waals surface area contributed by atoms with Gasteiger partial charge in [-0.3, -0.25) is 4.79 Å². The van der Waals surface area contributed by atoms with Crippen LogP contribution in [-0.4, -0.2) is 19.1 Å². The summed E-state index contributed by atoms with van der Waals surface area (Å²) in [6, 6.07) is 2.04. The quantitative estimate of drug-likeness (QED) is 0.932. The van der Waals surface area contributed by atoms with Gasteiger partial charge >= 0.3 is 0 Å². The summed E-state index contributed by atoms with van der Waals surface area (Å²) in [6.45, 7) is 2.04. The first kappa shape index (κ1) is 12.1. The molecule has 0 saturated carbocycles. The predicted octanol–water partition coefficient (Wildman–Crippen LogP) is 2.55. The summed E-state index contributed by atoms with van der Waals surface area (Å²) in [5.41, 5.74) is 1.15. The van der Waals surface area contributed by atoms with E-state index in [0.29, 0.717) is 19.8 Å². The normalized spacial score (nSPS) is 17.3. The molecule has 0 atom stereocenters.